The van der Waals surface area contributed by atoms with Crippen LogP contribution in [0.15, 0.2) is 6.20 Å². The summed E-state index contributed by atoms with van der Waals surface area (Å²) in [5, 5.41) is 7.79. The minimum Gasteiger partial charge on any atom is -0.368 e. The molecule has 7 heteroatoms. The summed E-state index contributed by atoms with van der Waals surface area (Å²) in [6.07, 6.45) is 1.76. The highest BCUT2D eigenvalue weighted by Crippen LogP contribution is 2.23. The highest BCUT2D eigenvalue weighted by molar-refractivity contribution is 5.87. The van der Waals surface area contributed by atoms with Gasteiger partial charge in [0.25, 0.3) is 0 Å². The van der Waals surface area contributed by atoms with E-state index in [0.29, 0.717) is 11.6 Å². The van der Waals surface area contributed by atoms with Crippen LogP contribution < -0.4 is 10.6 Å². The van der Waals surface area contributed by atoms with Crippen molar-refractivity contribution in [1.29, 1.82) is 0 Å². The number of piperazine rings is 1. The van der Waals surface area contributed by atoms with Gasteiger partial charge in [-0.05, 0) is 6.54 Å². The number of nitrogens with one attached hydrogen (secondary N) is 1. The molecule has 3 rings (SSSR count). The van der Waals surface area contributed by atoms with Crippen LogP contribution in [-0.2, 0) is 0 Å². The van der Waals surface area contributed by atoms with Gasteiger partial charge in [0.05, 0.1) is 11.6 Å². The third-order valence-electron chi connectivity index (χ3n) is 3.43. The summed E-state index contributed by atoms with van der Waals surface area (Å²) in [5.74, 6) is 1.18. The Kier molecular flexibility index (Phi) is 2.75. The molecule has 0 saturated carbocycles. The summed E-state index contributed by atoms with van der Waals surface area (Å²) in [5.41, 5.74) is 6.44. The lowest BCUT2D eigenvalue weighted by Crippen LogP contribution is -2.46. The van der Waals surface area contributed by atoms with Crippen molar-refractivity contribution in [2.24, 2.45) is 0 Å². The minimum atomic E-state index is 0.291. The first-order valence-electron chi connectivity index (χ1n) is 6.22. The number of rotatable bonds is 2. The number of fused-ring (bicyclic) bond motifs is 1. The van der Waals surface area contributed by atoms with Gasteiger partial charge in [0, 0.05) is 26.2 Å². The third kappa shape index (κ3) is 1.86. The van der Waals surface area contributed by atoms with Crippen LogP contribution in [0, 0.1) is 0 Å². The molecule has 0 amide bonds. The second-order valence-corrected chi connectivity index (χ2v) is 4.46. The summed E-state index contributed by atoms with van der Waals surface area (Å²) in [7, 11) is 0. The van der Waals surface area contributed by atoms with Crippen molar-refractivity contribution in [1.82, 2.24) is 25.1 Å². The van der Waals surface area contributed by atoms with E-state index in [1.54, 1.807) is 6.20 Å². The quantitative estimate of drug-likeness (QED) is 0.781. The highest BCUT2D eigenvalue weighted by Gasteiger charge is 2.20. The molecule has 3 N–H and O–H groups in total. The summed E-state index contributed by atoms with van der Waals surface area (Å²) >= 11 is 0. The molecule has 96 valence electrons. The average molecular weight is 247 g/mol. The Morgan fingerprint density at radius 1 is 1.28 bits per heavy atom. The van der Waals surface area contributed by atoms with E-state index in [2.05, 4.69) is 36.9 Å². The Bertz CT molecular complexity index is 541. The van der Waals surface area contributed by atoms with E-state index in [1.165, 1.54) is 0 Å². The standard InChI is InChI=1S/C11H17N7/c1-2-17-3-5-18(6-4-17)10-8-7-13-16-9(8)14-11(12)15-10/h7H,2-6H2,1H3,(H3,12,13,14,15,16). The number of likely N-dealkylation sites (N-methyl/N-ethyl adjacent to an activating group) is 1. The SMILES string of the molecule is CCN1CCN(c2nc(N)nc3[nH]ncc23)CC1. The molecule has 0 bridgehead atoms. The Morgan fingerprint density at radius 3 is 2.78 bits per heavy atom. The molecule has 3 heterocycles. The molecule has 2 aromatic heterocycles. The molecule has 7 nitrogen and oxygen atoms in total. The zero-order valence-electron chi connectivity index (χ0n) is 10.4. The van der Waals surface area contributed by atoms with Crippen molar-refractivity contribution in [3.8, 4) is 0 Å². The van der Waals surface area contributed by atoms with E-state index in [9.17, 15) is 0 Å². The maximum atomic E-state index is 5.74. The van der Waals surface area contributed by atoms with Crippen LogP contribution in [0.2, 0.25) is 0 Å². The molecule has 2 aromatic rings. The van der Waals surface area contributed by atoms with Crippen LogP contribution in [0.5, 0.6) is 0 Å². The number of nitrogens with two attached hydrogens (primary N) is 1. The van der Waals surface area contributed by atoms with Crippen molar-refractivity contribution in [3.63, 3.8) is 0 Å². The van der Waals surface area contributed by atoms with Crippen LogP contribution >= 0.6 is 0 Å². The van der Waals surface area contributed by atoms with Crippen LogP contribution in [0.1, 0.15) is 6.92 Å². The minimum absolute atomic E-state index is 0.291. The summed E-state index contributed by atoms with van der Waals surface area (Å²) in [6.45, 7) is 7.32. The Labute approximate surface area is 105 Å². The van der Waals surface area contributed by atoms with Gasteiger partial charge in [0.2, 0.25) is 5.95 Å². The number of anilines is 2. The second kappa shape index (κ2) is 4.41. The number of hydrogen-bond acceptors (Lipinski definition) is 6. The molecule has 0 atom stereocenters. The summed E-state index contributed by atoms with van der Waals surface area (Å²) < 4.78 is 0. The predicted octanol–water partition coefficient (Wildman–Crippen LogP) is 0.0770. The van der Waals surface area contributed by atoms with Gasteiger partial charge in [-0.2, -0.15) is 15.1 Å². The number of hydrogen-bond donors (Lipinski definition) is 2. The van der Waals surface area contributed by atoms with Gasteiger partial charge in [0.15, 0.2) is 5.65 Å². The summed E-state index contributed by atoms with van der Waals surface area (Å²) in [4.78, 5) is 13.2. The molecule has 0 aliphatic carbocycles. The zero-order valence-corrected chi connectivity index (χ0v) is 10.4. The number of nitrogen functional groups attached to an aromatic ring is 1. The normalized spacial score (nSPS) is 17.5. The van der Waals surface area contributed by atoms with Crippen molar-refractivity contribution >= 4 is 22.8 Å². The molecule has 0 radical (unpaired) electrons. The molecule has 0 aromatic carbocycles. The zero-order chi connectivity index (χ0) is 12.5. The Hall–Kier alpha value is -1.89. The first-order valence-corrected chi connectivity index (χ1v) is 6.22. The molecule has 1 aliphatic heterocycles. The molecule has 1 saturated heterocycles. The summed E-state index contributed by atoms with van der Waals surface area (Å²) in [6, 6.07) is 0. The van der Waals surface area contributed by atoms with Gasteiger partial charge in [-0.1, -0.05) is 6.92 Å². The molecule has 1 aliphatic rings. The van der Waals surface area contributed by atoms with Gasteiger partial charge in [-0.15, -0.1) is 0 Å². The van der Waals surface area contributed by atoms with E-state index in [1.807, 2.05) is 0 Å². The number of aromatic amines is 1. The number of H-pyrrole nitrogens is 1. The van der Waals surface area contributed by atoms with Crippen molar-refractivity contribution < 1.29 is 0 Å². The lowest BCUT2D eigenvalue weighted by molar-refractivity contribution is 0.271. The molecule has 0 spiro atoms. The molecule has 1 fully saturated rings. The average Bonchev–Trinajstić information content (AvgIpc) is 2.86. The third-order valence-corrected chi connectivity index (χ3v) is 3.43. The largest absolute Gasteiger partial charge is 0.368 e. The van der Waals surface area contributed by atoms with Crippen LogP contribution in [0.25, 0.3) is 11.0 Å². The maximum absolute atomic E-state index is 5.74. The number of aromatic nitrogens is 4. The van der Waals surface area contributed by atoms with Gasteiger partial charge < -0.3 is 15.5 Å². The van der Waals surface area contributed by atoms with E-state index in [0.717, 1.165) is 43.9 Å². The van der Waals surface area contributed by atoms with Gasteiger partial charge in [0.1, 0.15) is 5.82 Å². The molecule has 0 unspecified atom stereocenters. The monoisotopic (exact) mass is 247 g/mol. The van der Waals surface area contributed by atoms with Crippen LogP contribution in [-0.4, -0.2) is 57.8 Å². The van der Waals surface area contributed by atoms with Crippen molar-refractivity contribution in [3.05, 3.63) is 6.20 Å². The first-order chi connectivity index (χ1) is 8.78. The van der Waals surface area contributed by atoms with E-state index < -0.39 is 0 Å². The van der Waals surface area contributed by atoms with E-state index >= 15 is 0 Å². The fourth-order valence-electron chi connectivity index (χ4n) is 2.35. The van der Waals surface area contributed by atoms with Crippen molar-refractivity contribution in [2.45, 2.75) is 6.92 Å². The van der Waals surface area contributed by atoms with E-state index in [-0.39, 0.29) is 0 Å². The van der Waals surface area contributed by atoms with Gasteiger partial charge in [-0.3, -0.25) is 5.10 Å². The Morgan fingerprint density at radius 2 is 2.06 bits per heavy atom. The highest BCUT2D eigenvalue weighted by atomic mass is 15.3. The van der Waals surface area contributed by atoms with Gasteiger partial charge in [-0.25, -0.2) is 0 Å². The molecular formula is C11H17N7. The van der Waals surface area contributed by atoms with Gasteiger partial charge >= 0.3 is 0 Å². The van der Waals surface area contributed by atoms with Crippen LogP contribution in [0.3, 0.4) is 0 Å². The fourth-order valence-corrected chi connectivity index (χ4v) is 2.35. The number of nitrogens with zero attached hydrogens (tertiary/aromatic N) is 5. The Balaban J connectivity index is 1.92. The van der Waals surface area contributed by atoms with E-state index in [4.69, 9.17) is 5.73 Å². The topological polar surface area (TPSA) is 87.0 Å². The predicted molar refractivity (Wildman–Crippen MR) is 70.4 cm³/mol. The lowest BCUT2D eigenvalue weighted by Gasteiger charge is -2.34. The van der Waals surface area contributed by atoms with Crippen LogP contribution in [0.4, 0.5) is 11.8 Å². The maximum Gasteiger partial charge on any atom is 0.224 e. The first kappa shape index (κ1) is 11.2. The molecule has 18 heavy (non-hydrogen) atoms. The second-order valence-electron chi connectivity index (χ2n) is 4.46. The molecular weight excluding hydrogens is 230 g/mol. The smallest absolute Gasteiger partial charge is 0.224 e. The fraction of sp³-hybridized carbons (Fsp3) is 0.545. The van der Waals surface area contributed by atoms with Crippen molar-refractivity contribution in [2.75, 3.05) is 43.4 Å². The lowest BCUT2D eigenvalue weighted by atomic mass is 10.3.